The molecule has 2 radical (unpaired) electrons. The Morgan fingerprint density at radius 1 is 0.659 bits per heavy atom. The molecule has 1 heterocycles. The van der Waals surface area contributed by atoms with E-state index in [-0.39, 0.29) is 0 Å². The molecular formula is C38H40N2O. The van der Waals surface area contributed by atoms with Crippen LogP contribution in [-0.2, 0) is 6.61 Å². The second-order valence-corrected chi connectivity index (χ2v) is 12.0. The maximum Gasteiger partial charge on any atom is 0.208 e. The highest BCUT2D eigenvalue weighted by molar-refractivity contribution is 6.02. The molecule has 0 saturated carbocycles. The van der Waals surface area contributed by atoms with E-state index in [1.165, 1.54) is 60.7 Å². The number of hydrogen-bond acceptors (Lipinski definition) is 3. The molecule has 1 fully saturated rings. The molecule has 0 aromatic heterocycles. The first-order valence-electron chi connectivity index (χ1n) is 14.9. The maximum atomic E-state index is 6.51. The van der Waals surface area contributed by atoms with Gasteiger partial charge in [0.05, 0.1) is 0 Å². The van der Waals surface area contributed by atoms with Gasteiger partial charge in [-0.2, -0.15) is 0 Å². The van der Waals surface area contributed by atoms with E-state index in [9.17, 15) is 0 Å². The molecule has 41 heavy (non-hydrogen) atoms. The fourth-order valence-corrected chi connectivity index (χ4v) is 6.44. The smallest absolute Gasteiger partial charge is 0.208 e. The maximum absolute atomic E-state index is 6.51. The average molecular weight is 541 g/mol. The number of anilines is 2. The number of benzene rings is 5. The van der Waals surface area contributed by atoms with Gasteiger partial charge in [-0.25, -0.2) is 0 Å². The van der Waals surface area contributed by atoms with Crippen molar-refractivity contribution < 1.29 is 4.74 Å². The van der Waals surface area contributed by atoms with Crippen LogP contribution in [0.2, 0.25) is 0 Å². The van der Waals surface area contributed by atoms with Crippen LogP contribution in [0.5, 0.6) is 5.75 Å². The Labute approximate surface area is 245 Å². The number of rotatable bonds is 7. The number of fused-ring (bicyclic) bond motifs is 2. The summed E-state index contributed by atoms with van der Waals surface area (Å²) in [5.41, 5.74) is 8.99. The molecule has 208 valence electrons. The Bertz CT molecular complexity index is 1610. The zero-order valence-corrected chi connectivity index (χ0v) is 25.2. The summed E-state index contributed by atoms with van der Waals surface area (Å²) in [6.45, 7) is 19.6. The van der Waals surface area contributed by atoms with Gasteiger partial charge >= 0.3 is 0 Å². The number of aryl methyl sites for hydroxylation is 2. The fourth-order valence-electron chi connectivity index (χ4n) is 6.44. The molecule has 0 bridgehead atoms. The first-order valence-corrected chi connectivity index (χ1v) is 14.9. The zero-order chi connectivity index (χ0) is 28.7. The quantitative estimate of drug-likeness (QED) is 0.191. The lowest BCUT2D eigenvalue weighted by atomic mass is 9.92. The molecule has 0 atom stereocenters. The predicted molar refractivity (Wildman–Crippen MR) is 174 cm³/mol. The lowest BCUT2D eigenvalue weighted by molar-refractivity contribution is 0.308. The Morgan fingerprint density at radius 3 is 1.71 bits per heavy atom. The van der Waals surface area contributed by atoms with Crippen molar-refractivity contribution in [2.75, 3.05) is 22.9 Å². The Balaban J connectivity index is 1.26. The fraction of sp³-hybridized carbons (Fsp3) is 0.289. The van der Waals surface area contributed by atoms with Gasteiger partial charge in [0.15, 0.2) is 0 Å². The first-order chi connectivity index (χ1) is 19.8. The minimum absolute atomic E-state index is 0.457. The van der Waals surface area contributed by atoms with Gasteiger partial charge in [-0.3, -0.25) is 0 Å². The summed E-state index contributed by atoms with van der Waals surface area (Å²) in [5.74, 6) is 1.82. The third-order valence-electron chi connectivity index (χ3n) is 8.40. The van der Waals surface area contributed by atoms with Gasteiger partial charge in [-0.1, -0.05) is 94.4 Å². The monoisotopic (exact) mass is 540 g/mol. The van der Waals surface area contributed by atoms with Crippen LogP contribution in [0.1, 0.15) is 67.3 Å². The summed E-state index contributed by atoms with van der Waals surface area (Å²) in [4.78, 5) is 4.65. The van der Waals surface area contributed by atoms with E-state index in [1.54, 1.807) is 0 Å². The zero-order valence-electron chi connectivity index (χ0n) is 25.2. The number of nitrogens with zero attached hydrogens (tertiary/aromatic N) is 2. The van der Waals surface area contributed by atoms with Crippen molar-refractivity contribution >= 4 is 32.9 Å². The average Bonchev–Trinajstić information content (AvgIpc) is 3.43. The van der Waals surface area contributed by atoms with E-state index in [2.05, 4.69) is 143 Å². The van der Waals surface area contributed by atoms with Crippen LogP contribution in [0.3, 0.4) is 0 Å². The lowest BCUT2D eigenvalue weighted by Crippen LogP contribution is -2.22. The molecule has 5 aromatic carbocycles. The number of hydrogen-bond donors (Lipinski definition) is 0. The Kier molecular flexibility index (Phi) is 7.38. The first kappa shape index (κ1) is 27.2. The summed E-state index contributed by atoms with van der Waals surface area (Å²) in [7, 11) is 0. The van der Waals surface area contributed by atoms with Crippen LogP contribution in [0, 0.1) is 20.5 Å². The van der Waals surface area contributed by atoms with Gasteiger partial charge in [0.1, 0.15) is 12.4 Å². The molecule has 6 rings (SSSR count). The molecule has 0 amide bonds. The highest BCUT2D eigenvalue weighted by Gasteiger charge is 2.29. The van der Waals surface area contributed by atoms with Gasteiger partial charge < -0.3 is 14.5 Å². The molecule has 3 nitrogen and oxygen atoms in total. The molecule has 1 aliphatic heterocycles. The molecule has 0 N–H and O–H groups in total. The van der Waals surface area contributed by atoms with Crippen LogP contribution < -0.4 is 14.5 Å². The molecule has 0 unspecified atom stereocenters. The number of para-hydroxylation sites is 1. The van der Waals surface area contributed by atoms with Gasteiger partial charge in [0.2, 0.25) is 6.67 Å². The van der Waals surface area contributed by atoms with E-state index >= 15 is 0 Å². The highest BCUT2D eigenvalue weighted by atomic mass is 16.5. The van der Waals surface area contributed by atoms with Crippen LogP contribution in [0.4, 0.5) is 11.4 Å². The molecule has 3 heteroatoms. The second-order valence-electron chi connectivity index (χ2n) is 12.0. The third kappa shape index (κ3) is 5.14. The van der Waals surface area contributed by atoms with Gasteiger partial charge in [-0.05, 0) is 87.7 Å². The van der Waals surface area contributed by atoms with Crippen molar-refractivity contribution in [2.24, 2.45) is 0 Å². The Morgan fingerprint density at radius 2 is 1.17 bits per heavy atom. The van der Waals surface area contributed by atoms with Gasteiger partial charge in [0, 0.05) is 30.0 Å². The standard InChI is InChI=1S/C38H40N2O/c1-25(2)32-16-11-17-33(26(3)4)38(32)40-19-18-39(24-40)37-27(5)20-31(21-28(37)6)41-23-36-34-14-9-7-12-29(34)22-30-13-8-10-15-35(30)36/h7-17,20-22,25-26H,18-19,23H2,1-6H3. The summed E-state index contributed by atoms with van der Waals surface area (Å²) in [6, 6.07) is 30.6. The van der Waals surface area contributed by atoms with Crippen molar-refractivity contribution in [3.05, 3.63) is 119 Å². The summed E-state index contributed by atoms with van der Waals surface area (Å²) in [6.07, 6.45) is 0. The number of ether oxygens (including phenoxy) is 1. The largest absolute Gasteiger partial charge is 0.489 e. The van der Waals surface area contributed by atoms with E-state index in [1.807, 2.05) is 0 Å². The lowest BCUT2D eigenvalue weighted by Gasteiger charge is -2.28. The van der Waals surface area contributed by atoms with E-state index in [4.69, 9.17) is 4.74 Å². The van der Waals surface area contributed by atoms with Gasteiger partial charge in [0.25, 0.3) is 0 Å². The molecule has 0 aliphatic carbocycles. The predicted octanol–water partition coefficient (Wildman–Crippen LogP) is 9.76. The van der Waals surface area contributed by atoms with Crippen molar-refractivity contribution in [3.8, 4) is 5.75 Å². The minimum Gasteiger partial charge on any atom is -0.489 e. The Hall–Kier alpha value is -3.98. The molecule has 1 aliphatic rings. The van der Waals surface area contributed by atoms with E-state index < -0.39 is 0 Å². The van der Waals surface area contributed by atoms with Gasteiger partial charge in [-0.15, -0.1) is 0 Å². The molecular weight excluding hydrogens is 500 g/mol. The van der Waals surface area contributed by atoms with Crippen LogP contribution in [-0.4, -0.2) is 13.1 Å². The molecule has 5 aromatic rings. The van der Waals surface area contributed by atoms with E-state index in [0.717, 1.165) is 18.8 Å². The van der Waals surface area contributed by atoms with Crippen LogP contribution >= 0.6 is 0 Å². The van der Waals surface area contributed by atoms with Crippen molar-refractivity contribution in [1.29, 1.82) is 0 Å². The normalized spacial score (nSPS) is 13.8. The van der Waals surface area contributed by atoms with Crippen molar-refractivity contribution in [1.82, 2.24) is 0 Å². The summed E-state index contributed by atoms with van der Waals surface area (Å²) in [5, 5.41) is 4.99. The molecule has 0 spiro atoms. The van der Waals surface area contributed by atoms with Crippen molar-refractivity contribution in [2.45, 2.75) is 60.0 Å². The van der Waals surface area contributed by atoms with Crippen LogP contribution in [0.15, 0.2) is 84.9 Å². The third-order valence-corrected chi connectivity index (χ3v) is 8.40. The highest BCUT2D eigenvalue weighted by Crippen LogP contribution is 2.40. The SMILES string of the molecule is Cc1cc(OCc2c3ccccc3cc3ccccc23)cc(C)c1N1[C]N(c2c(C(C)C)cccc2C(C)C)CC1. The minimum atomic E-state index is 0.457. The molecule has 1 saturated heterocycles. The topological polar surface area (TPSA) is 15.7 Å². The summed E-state index contributed by atoms with van der Waals surface area (Å²) < 4.78 is 6.51. The second kappa shape index (κ2) is 11.1. The van der Waals surface area contributed by atoms with E-state index in [0.29, 0.717) is 18.4 Å². The summed E-state index contributed by atoms with van der Waals surface area (Å²) >= 11 is 0. The van der Waals surface area contributed by atoms with Crippen molar-refractivity contribution in [3.63, 3.8) is 0 Å². The van der Waals surface area contributed by atoms with Crippen LogP contribution in [0.25, 0.3) is 21.5 Å².